The van der Waals surface area contributed by atoms with Crippen molar-refractivity contribution >= 4 is 31.9 Å². The second-order valence-corrected chi connectivity index (χ2v) is 8.58. The Balaban J connectivity index is 1.75. The van der Waals surface area contributed by atoms with Crippen LogP contribution in [0.3, 0.4) is 0 Å². The molecule has 3 rings (SSSR count). The SMILES string of the molecule is COc1cc(Br)c(CNCC2(c3cccc(Br)c3)CCOCC2)cc1OC. The minimum Gasteiger partial charge on any atom is -0.493 e. The Bertz CT molecular complexity index is 776. The first-order valence-electron chi connectivity index (χ1n) is 9.03. The lowest BCUT2D eigenvalue weighted by Crippen LogP contribution is -2.42. The fourth-order valence-corrected chi connectivity index (χ4v) is 4.48. The van der Waals surface area contributed by atoms with Gasteiger partial charge in [-0.05, 0) is 48.2 Å². The first-order valence-corrected chi connectivity index (χ1v) is 10.6. The van der Waals surface area contributed by atoms with E-state index >= 15 is 0 Å². The van der Waals surface area contributed by atoms with Crippen LogP contribution in [0.5, 0.6) is 11.5 Å². The van der Waals surface area contributed by atoms with Crippen LogP contribution >= 0.6 is 31.9 Å². The van der Waals surface area contributed by atoms with Crippen molar-refractivity contribution in [3.63, 3.8) is 0 Å². The van der Waals surface area contributed by atoms with Gasteiger partial charge in [-0.1, -0.05) is 44.0 Å². The Morgan fingerprint density at radius 1 is 1.04 bits per heavy atom. The summed E-state index contributed by atoms with van der Waals surface area (Å²) in [7, 11) is 3.31. The van der Waals surface area contributed by atoms with E-state index in [1.165, 1.54) is 5.56 Å². The fraction of sp³-hybridized carbons (Fsp3) is 0.429. The average molecular weight is 499 g/mol. The fourth-order valence-electron chi connectivity index (χ4n) is 3.62. The van der Waals surface area contributed by atoms with Crippen molar-refractivity contribution in [2.45, 2.75) is 24.8 Å². The van der Waals surface area contributed by atoms with Crippen LogP contribution < -0.4 is 14.8 Å². The molecule has 0 aliphatic carbocycles. The summed E-state index contributed by atoms with van der Waals surface area (Å²) in [6.07, 6.45) is 2.03. The maximum absolute atomic E-state index is 5.64. The molecular weight excluding hydrogens is 474 g/mol. The van der Waals surface area contributed by atoms with Gasteiger partial charge in [0.1, 0.15) is 0 Å². The molecule has 1 saturated heterocycles. The zero-order valence-corrected chi connectivity index (χ0v) is 18.9. The largest absolute Gasteiger partial charge is 0.493 e. The standard InChI is InChI=1S/C21H25Br2NO3/c1-25-19-10-15(18(23)12-20(19)26-2)13-24-14-21(6-8-27-9-7-21)16-4-3-5-17(22)11-16/h3-5,10-12,24H,6-9,13-14H2,1-2H3. The molecule has 0 atom stereocenters. The lowest BCUT2D eigenvalue weighted by atomic mass is 9.74. The molecule has 0 spiro atoms. The summed E-state index contributed by atoms with van der Waals surface area (Å²) in [6.45, 7) is 3.24. The van der Waals surface area contributed by atoms with E-state index in [9.17, 15) is 0 Å². The monoisotopic (exact) mass is 497 g/mol. The van der Waals surface area contributed by atoms with Gasteiger partial charge in [0.05, 0.1) is 14.2 Å². The van der Waals surface area contributed by atoms with Crippen LogP contribution in [0.25, 0.3) is 0 Å². The zero-order chi connectivity index (χ0) is 19.3. The molecular formula is C21H25Br2NO3. The maximum Gasteiger partial charge on any atom is 0.161 e. The molecule has 27 heavy (non-hydrogen) atoms. The Labute approximate surface area is 177 Å². The zero-order valence-electron chi connectivity index (χ0n) is 15.7. The molecule has 0 aromatic heterocycles. The number of methoxy groups -OCH3 is 2. The molecule has 1 N–H and O–H groups in total. The van der Waals surface area contributed by atoms with Gasteiger partial charge in [-0.2, -0.15) is 0 Å². The van der Waals surface area contributed by atoms with Crippen LogP contribution in [-0.4, -0.2) is 34.0 Å². The second kappa shape index (κ2) is 9.41. The van der Waals surface area contributed by atoms with Crippen molar-refractivity contribution in [2.75, 3.05) is 34.0 Å². The number of hydrogen-bond donors (Lipinski definition) is 1. The van der Waals surface area contributed by atoms with Gasteiger partial charge in [-0.25, -0.2) is 0 Å². The predicted octanol–water partition coefficient (Wildman–Crippen LogP) is 5.07. The third-order valence-electron chi connectivity index (χ3n) is 5.22. The van der Waals surface area contributed by atoms with Gasteiger partial charge < -0.3 is 19.5 Å². The maximum atomic E-state index is 5.64. The van der Waals surface area contributed by atoms with Crippen LogP contribution in [-0.2, 0) is 16.7 Å². The summed E-state index contributed by atoms with van der Waals surface area (Å²) < 4.78 is 18.6. The summed E-state index contributed by atoms with van der Waals surface area (Å²) in [5.74, 6) is 1.47. The van der Waals surface area contributed by atoms with Gasteiger partial charge >= 0.3 is 0 Å². The number of halogens is 2. The summed E-state index contributed by atoms with van der Waals surface area (Å²) in [5.41, 5.74) is 2.59. The van der Waals surface area contributed by atoms with Gasteiger partial charge in [0.15, 0.2) is 11.5 Å². The first kappa shape index (κ1) is 20.6. The Morgan fingerprint density at radius 3 is 2.41 bits per heavy atom. The second-order valence-electron chi connectivity index (χ2n) is 6.81. The van der Waals surface area contributed by atoms with Crippen LogP contribution in [0, 0.1) is 0 Å². The lowest BCUT2D eigenvalue weighted by Gasteiger charge is -2.38. The summed E-state index contributed by atoms with van der Waals surface area (Å²) in [6, 6.07) is 12.6. The van der Waals surface area contributed by atoms with Crippen LogP contribution in [0.2, 0.25) is 0 Å². The van der Waals surface area contributed by atoms with Crippen molar-refractivity contribution < 1.29 is 14.2 Å². The van der Waals surface area contributed by atoms with Gasteiger partial charge in [-0.3, -0.25) is 0 Å². The van der Waals surface area contributed by atoms with E-state index in [2.05, 4.69) is 61.4 Å². The quantitative estimate of drug-likeness (QED) is 0.578. The van der Waals surface area contributed by atoms with Crippen molar-refractivity contribution in [3.05, 3.63) is 56.5 Å². The van der Waals surface area contributed by atoms with Gasteiger partial charge in [0.2, 0.25) is 0 Å². The Morgan fingerprint density at radius 2 is 1.74 bits per heavy atom. The molecule has 6 heteroatoms. The molecule has 0 amide bonds. The van der Waals surface area contributed by atoms with Crippen LogP contribution in [0.15, 0.2) is 45.3 Å². The topological polar surface area (TPSA) is 39.7 Å². The van der Waals surface area contributed by atoms with Crippen molar-refractivity contribution in [1.82, 2.24) is 5.32 Å². The first-order chi connectivity index (χ1) is 13.1. The summed E-state index contributed by atoms with van der Waals surface area (Å²) in [5, 5.41) is 3.66. The van der Waals surface area contributed by atoms with Crippen molar-refractivity contribution in [1.29, 1.82) is 0 Å². The van der Waals surface area contributed by atoms with Crippen LogP contribution in [0.4, 0.5) is 0 Å². The van der Waals surface area contributed by atoms with Crippen LogP contribution in [0.1, 0.15) is 24.0 Å². The third kappa shape index (κ3) is 4.86. The van der Waals surface area contributed by atoms with Gasteiger partial charge in [-0.15, -0.1) is 0 Å². The lowest BCUT2D eigenvalue weighted by molar-refractivity contribution is 0.0497. The van der Waals surface area contributed by atoms with Crippen molar-refractivity contribution in [2.24, 2.45) is 0 Å². The molecule has 2 aromatic carbocycles. The molecule has 146 valence electrons. The highest BCUT2D eigenvalue weighted by Gasteiger charge is 2.34. The number of nitrogens with one attached hydrogen (secondary N) is 1. The molecule has 4 nitrogen and oxygen atoms in total. The van der Waals surface area contributed by atoms with E-state index in [1.54, 1.807) is 14.2 Å². The number of hydrogen-bond acceptors (Lipinski definition) is 4. The van der Waals surface area contributed by atoms with Gasteiger partial charge in [0.25, 0.3) is 0 Å². The smallest absolute Gasteiger partial charge is 0.161 e. The van der Waals surface area contributed by atoms with E-state index < -0.39 is 0 Å². The minimum atomic E-state index is 0.0884. The predicted molar refractivity (Wildman–Crippen MR) is 115 cm³/mol. The summed E-state index contributed by atoms with van der Waals surface area (Å²) in [4.78, 5) is 0. The molecule has 1 heterocycles. The molecule has 0 unspecified atom stereocenters. The highest BCUT2D eigenvalue weighted by atomic mass is 79.9. The van der Waals surface area contributed by atoms with E-state index in [-0.39, 0.29) is 5.41 Å². The Kier molecular flexibility index (Phi) is 7.20. The van der Waals surface area contributed by atoms with E-state index in [0.717, 1.165) is 65.2 Å². The Hall–Kier alpha value is -1.08. The molecule has 0 radical (unpaired) electrons. The normalized spacial score (nSPS) is 16.1. The van der Waals surface area contributed by atoms with E-state index in [1.807, 2.05) is 12.1 Å². The summed E-state index contributed by atoms with van der Waals surface area (Å²) >= 11 is 7.26. The van der Waals surface area contributed by atoms with E-state index in [0.29, 0.717) is 0 Å². The number of rotatable bonds is 7. The van der Waals surface area contributed by atoms with E-state index in [4.69, 9.17) is 14.2 Å². The van der Waals surface area contributed by atoms with Gasteiger partial charge in [0, 0.05) is 40.7 Å². The number of benzene rings is 2. The third-order valence-corrected chi connectivity index (χ3v) is 6.45. The molecule has 1 aliphatic rings. The van der Waals surface area contributed by atoms with Crippen molar-refractivity contribution in [3.8, 4) is 11.5 Å². The highest BCUT2D eigenvalue weighted by molar-refractivity contribution is 9.10. The average Bonchev–Trinajstić information content (AvgIpc) is 2.69. The molecule has 1 fully saturated rings. The number of ether oxygens (including phenoxy) is 3. The molecule has 0 saturated carbocycles. The minimum absolute atomic E-state index is 0.0884. The molecule has 1 aliphatic heterocycles. The highest BCUT2D eigenvalue weighted by Crippen LogP contribution is 2.36. The molecule has 2 aromatic rings. The molecule has 0 bridgehead atoms.